The van der Waals surface area contributed by atoms with Crippen molar-refractivity contribution >= 4 is 16.9 Å². The maximum absolute atomic E-state index is 9.82. The summed E-state index contributed by atoms with van der Waals surface area (Å²) in [5.41, 5.74) is 8.26. The van der Waals surface area contributed by atoms with Crippen molar-refractivity contribution in [1.29, 1.82) is 0 Å². The van der Waals surface area contributed by atoms with Gasteiger partial charge in [0.05, 0.1) is 30.9 Å². The minimum absolute atomic E-state index is 0.113. The van der Waals surface area contributed by atoms with Crippen LogP contribution in [0.1, 0.15) is 5.56 Å². The van der Waals surface area contributed by atoms with Gasteiger partial charge in [0.15, 0.2) is 17.1 Å². The number of nitrogens with two attached hydrogens (primary N) is 1. The van der Waals surface area contributed by atoms with E-state index in [9.17, 15) is 15.3 Å². The van der Waals surface area contributed by atoms with E-state index in [1.165, 1.54) is 12.4 Å². The lowest BCUT2D eigenvalue weighted by Gasteiger charge is -2.19. The number of benzene rings is 2. The first-order chi connectivity index (χ1) is 14.3. The van der Waals surface area contributed by atoms with Crippen molar-refractivity contribution in [3.63, 3.8) is 0 Å². The molecule has 0 spiro atoms. The van der Waals surface area contributed by atoms with Crippen LogP contribution in [0.25, 0.3) is 27.8 Å². The lowest BCUT2D eigenvalue weighted by Crippen LogP contribution is -2.25. The van der Waals surface area contributed by atoms with Crippen molar-refractivity contribution in [2.75, 3.05) is 20.0 Å². The van der Waals surface area contributed by atoms with Crippen molar-refractivity contribution in [3.8, 4) is 28.3 Å². The topological polar surface area (TPSA) is 136 Å². The molecule has 9 heteroatoms. The highest BCUT2D eigenvalue weighted by Gasteiger charge is 2.27. The second-order valence-electron chi connectivity index (χ2n) is 6.59. The first kappa shape index (κ1) is 19.6. The summed E-state index contributed by atoms with van der Waals surface area (Å²) < 4.78 is 12.3. The minimum Gasteiger partial charge on any atom is -0.493 e. The van der Waals surface area contributed by atoms with E-state index < -0.39 is 5.97 Å². The molecule has 4 aromatic rings. The number of nitrogens with zero attached hydrogens (tertiary/aromatic N) is 3. The Hall–Kier alpha value is -3.66. The number of ether oxygens (including phenoxy) is 2. The highest BCUT2D eigenvalue weighted by Crippen LogP contribution is 2.39. The Labute approximate surface area is 171 Å². The number of fused-ring (bicyclic) bond motifs is 1. The highest BCUT2D eigenvalue weighted by molar-refractivity contribution is 6.01. The molecule has 154 valence electrons. The number of anilines is 1. The second kappa shape index (κ2) is 7.30. The molecular weight excluding hydrogens is 388 g/mol. The molecule has 2 aromatic heterocycles. The standard InChI is InChI=1S/C21H20N4O5/c1-29-16-8-7-12(9-17(16)30-2)13-10-25(20-18(13)19(22)23-11-24-20)15-6-4-3-5-14(15)21(26,27)28/h3-11,26-28H,1-2H3,(H2,22,23,24). The third kappa shape index (κ3) is 3.20. The lowest BCUT2D eigenvalue weighted by atomic mass is 10.1. The Balaban J connectivity index is 2.02. The van der Waals surface area contributed by atoms with Gasteiger partial charge in [0.1, 0.15) is 12.1 Å². The Morgan fingerprint density at radius 2 is 1.70 bits per heavy atom. The molecule has 0 amide bonds. The van der Waals surface area contributed by atoms with Crippen LogP contribution in [-0.4, -0.2) is 44.1 Å². The summed E-state index contributed by atoms with van der Waals surface area (Å²) in [5.74, 6) is -1.67. The molecule has 0 aliphatic rings. The molecule has 0 fully saturated rings. The highest BCUT2D eigenvalue weighted by atomic mass is 16.7. The third-order valence-electron chi connectivity index (χ3n) is 4.83. The molecule has 2 heterocycles. The van der Waals surface area contributed by atoms with E-state index in [0.29, 0.717) is 33.8 Å². The number of hydrogen-bond acceptors (Lipinski definition) is 8. The normalized spacial score (nSPS) is 11.6. The largest absolute Gasteiger partial charge is 0.493 e. The van der Waals surface area contributed by atoms with Gasteiger partial charge in [-0.3, -0.25) is 4.57 Å². The van der Waals surface area contributed by atoms with E-state index in [-0.39, 0.29) is 11.4 Å². The van der Waals surface area contributed by atoms with Crippen LogP contribution < -0.4 is 15.2 Å². The summed E-state index contributed by atoms with van der Waals surface area (Å²) in [7, 11) is 3.10. The van der Waals surface area contributed by atoms with Crippen LogP contribution in [0.15, 0.2) is 55.0 Å². The van der Waals surface area contributed by atoms with Crippen molar-refractivity contribution in [2.24, 2.45) is 0 Å². The molecule has 0 bridgehead atoms. The molecule has 5 N–H and O–H groups in total. The molecule has 0 aliphatic heterocycles. The quantitative estimate of drug-likeness (QED) is 0.367. The number of hydrogen-bond donors (Lipinski definition) is 4. The molecular formula is C21H20N4O5. The summed E-state index contributed by atoms with van der Waals surface area (Å²) in [6.07, 6.45) is 3.06. The summed E-state index contributed by atoms with van der Waals surface area (Å²) in [6.45, 7) is 0. The number of nitrogen functional groups attached to an aromatic ring is 1. The summed E-state index contributed by atoms with van der Waals surface area (Å²) in [6, 6.07) is 11.7. The van der Waals surface area contributed by atoms with Crippen LogP contribution in [-0.2, 0) is 5.97 Å². The van der Waals surface area contributed by atoms with Gasteiger partial charge in [-0.25, -0.2) is 9.97 Å². The molecule has 0 unspecified atom stereocenters. The van der Waals surface area contributed by atoms with Crippen LogP contribution in [0.5, 0.6) is 11.5 Å². The Morgan fingerprint density at radius 3 is 2.40 bits per heavy atom. The van der Waals surface area contributed by atoms with Gasteiger partial charge in [-0.2, -0.15) is 0 Å². The SMILES string of the molecule is COc1ccc(-c2cn(-c3ccccc3C(O)(O)O)c3ncnc(N)c23)cc1OC. The Bertz CT molecular complexity index is 1230. The predicted molar refractivity (Wildman–Crippen MR) is 110 cm³/mol. The zero-order valence-corrected chi connectivity index (χ0v) is 16.3. The minimum atomic E-state index is -3.03. The van der Waals surface area contributed by atoms with Crippen molar-refractivity contribution in [3.05, 3.63) is 60.6 Å². The van der Waals surface area contributed by atoms with E-state index in [2.05, 4.69) is 9.97 Å². The number of aliphatic hydroxyl groups is 3. The van der Waals surface area contributed by atoms with Gasteiger partial charge in [0.2, 0.25) is 0 Å². The number of aromatic nitrogens is 3. The maximum Gasteiger partial charge on any atom is 0.306 e. The summed E-state index contributed by atoms with van der Waals surface area (Å²) >= 11 is 0. The molecule has 2 aromatic carbocycles. The average molecular weight is 408 g/mol. The fraction of sp³-hybridized carbons (Fsp3) is 0.143. The number of rotatable bonds is 5. The van der Waals surface area contributed by atoms with Crippen molar-refractivity contribution in [1.82, 2.24) is 14.5 Å². The zero-order chi connectivity index (χ0) is 21.5. The maximum atomic E-state index is 9.82. The van der Waals surface area contributed by atoms with Crippen LogP contribution in [0.3, 0.4) is 0 Å². The van der Waals surface area contributed by atoms with Crippen LogP contribution in [0.2, 0.25) is 0 Å². The smallest absolute Gasteiger partial charge is 0.306 e. The molecule has 30 heavy (non-hydrogen) atoms. The van der Waals surface area contributed by atoms with E-state index >= 15 is 0 Å². The first-order valence-corrected chi connectivity index (χ1v) is 8.96. The van der Waals surface area contributed by atoms with E-state index in [4.69, 9.17) is 15.2 Å². The lowest BCUT2D eigenvalue weighted by molar-refractivity contribution is -0.323. The number of methoxy groups -OCH3 is 2. The van der Waals surface area contributed by atoms with Crippen molar-refractivity contribution in [2.45, 2.75) is 5.97 Å². The van der Waals surface area contributed by atoms with E-state index in [1.807, 2.05) is 6.07 Å². The zero-order valence-electron chi connectivity index (χ0n) is 16.3. The summed E-state index contributed by atoms with van der Waals surface area (Å²) in [4.78, 5) is 8.43. The van der Waals surface area contributed by atoms with Gasteiger partial charge < -0.3 is 30.5 Å². The molecule has 0 aliphatic carbocycles. The van der Waals surface area contributed by atoms with Gasteiger partial charge in [0, 0.05) is 11.8 Å². The monoisotopic (exact) mass is 408 g/mol. The van der Waals surface area contributed by atoms with Crippen LogP contribution in [0, 0.1) is 0 Å². The molecule has 0 saturated heterocycles. The van der Waals surface area contributed by atoms with E-state index in [1.54, 1.807) is 55.3 Å². The molecule has 4 rings (SSSR count). The fourth-order valence-corrected chi connectivity index (χ4v) is 3.46. The molecule has 0 atom stereocenters. The van der Waals surface area contributed by atoms with Gasteiger partial charge >= 0.3 is 5.97 Å². The first-order valence-electron chi connectivity index (χ1n) is 8.96. The van der Waals surface area contributed by atoms with Gasteiger partial charge in [-0.15, -0.1) is 0 Å². The average Bonchev–Trinajstić information content (AvgIpc) is 3.13. The van der Waals surface area contributed by atoms with Gasteiger partial charge in [0.25, 0.3) is 0 Å². The van der Waals surface area contributed by atoms with Crippen LogP contribution in [0.4, 0.5) is 5.82 Å². The molecule has 9 nitrogen and oxygen atoms in total. The Morgan fingerprint density at radius 1 is 0.967 bits per heavy atom. The van der Waals surface area contributed by atoms with Gasteiger partial charge in [-0.1, -0.05) is 18.2 Å². The third-order valence-corrected chi connectivity index (χ3v) is 4.83. The van der Waals surface area contributed by atoms with E-state index in [0.717, 1.165) is 5.56 Å². The number of para-hydroxylation sites is 1. The Kier molecular flexibility index (Phi) is 4.78. The summed E-state index contributed by atoms with van der Waals surface area (Å²) in [5, 5.41) is 30.0. The van der Waals surface area contributed by atoms with Gasteiger partial charge in [-0.05, 0) is 29.8 Å². The molecule has 0 radical (unpaired) electrons. The molecule has 0 saturated carbocycles. The second-order valence-corrected chi connectivity index (χ2v) is 6.59. The van der Waals surface area contributed by atoms with Crippen molar-refractivity contribution < 1.29 is 24.8 Å². The van der Waals surface area contributed by atoms with Crippen LogP contribution >= 0.6 is 0 Å². The predicted octanol–water partition coefficient (Wildman–Crippen LogP) is 1.77. The fourth-order valence-electron chi connectivity index (χ4n) is 3.46.